The van der Waals surface area contributed by atoms with Crippen molar-refractivity contribution in [2.75, 3.05) is 12.8 Å². The van der Waals surface area contributed by atoms with Gasteiger partial charge in [0.1, 0.15) is 23.2 Å². The second-order valence-corrected chi connectivity index (χ2v) is 5.90. The van der Waals surface area contributed by atoms with Gasteiger partial charge >= 0.3 is 0 Å². The number of anilines is 1. The summed E-state index contributed by atoms with van der Waals surface area (Å²) < 4.78 is 7.17. The number of ether oxygens (including phenoxy) is 1. The van der Waals surface area contributed by atoms with E-state index in [4.69, 9.17) is 10.5 Å². The van der Waals surface area contributed by atoms with Gasteiger partial charge in [0.25, 0.3) is 0 Å². The highest BCUT2D eigenvalue weighted by Gasteiger charge is 2.19. The van der Waals surface area contributed by atoms with Crippen molar-refractivity contribution in [1.82, 2.24) is 19.7 Å². The average Bonchev–Trinajstić information content (AvgIpc) is 2.94. The van der Waals surface area contributed by atoms with E-state index in [0.29, 0.717) is 22.6 Å². The molecule has 0 bridgehead atoms. The third kappa shape index (κ3) is 2.86. The van der Waals surface area contributed by atoms with Gasteiger partial charge in [-0.3, -0.25) is 9.67 Å². The van der Waals surface area contributed by atoms with Gasteiger partial charge in [-0.2, -0.15) is 10.4 Å². The molecule has 0 amide bonds. The van der Waals surface area contributed by atoms with E-state index in [0.717, 1.165) is 29.1 Å². The number of aryl methyl sites for hydroxylation is 2. The third-order valence-electron chi connectivity index (χ3n) is 4.36. The summed E-state index contributed by atoms with van der Waals surface area (Å²) in [4.78, 5) is 8.64. The molecule has 0 fully saturated rings. The number of nitriles is 1. The molecule has 0 aromatic carbocycles. The maximum Gasteiger partial charge on any atom is 0.142 e. The van der Waals surface area contributed by atoms with Crippen LogP contribution in [-0.2, 0) is 6.54 Å². The first kappa shape index (κ1) is 17.4. The second-order valence-electron chi connectivity index (χ2n) is 5.90. The number of nitrogens with zero attached hydrogens (tertiary/aromatic N) is 5. The lowest BCUT2D eigenvalue weighted by Gasteiger charge is -2.11. The highest BCUT2D eigenvalue weighted by atomic mass is 16.5. The molecular formula is C19H20N6O. The zero-order chi connectivity index (χ0) is 18.8. The van der Waals surface area contributed by atoms with Crippen molar-refractivity contribution in [2.45, 2.75) is 27.3 Å². The van der Waals surface area contributed by atoms with E-state index in [9.17, 15) is 5.26 Å². The maximum atomic E-state index is 9.56. The Morgan fingerprint density at radius 1 is 1.27 bits per heavy atom. The van der Waals surface area contributed by atoms with Crippen LogP contribution in [0.3, 0.4) is 0 Å². The van der Waals surface area contributed by atoms with Crippen molar-refractivity contribution >= 4 is 5.82 Å². The summed E-state index contributed by atoms with van der Waals surface area (Å²) >= 11 is 0. The normalized spacial score (nSPS) is 10.6. The molecule has 0 radical (unpaired) electrons. The van der Waals surface area contributed by atoms with E-state index in [2.05, 4.69) is 21.1 Å². The molecular weight excluding hydrogens is 328 g/mol. The number of hydrogen-bond donors (Lipinski definition) is 1. The molecule has 3 aromatic heterocycles. The third-order valence-corrected chi connectivity index (χ3v) is 4.36. The average molecular weight is 348 g/mol. The highest BCUT2D eigenvalue weighted by molar-refractivity contribution is 5.81. The monoisotopic (exact) mass is 348 g/mol. The van der Waals surface area contributed by atoms with Crippen molar-refractivity contribution in [3.05, 3.63) is 41.5 Å². The predicted octanol–water partition coefficient (Wildman–Crippen LogP) is 3.11. The Morgan fingerprint density at radius 2 is 2.04 bits per heavy atom. The topological polar surface area (TPSA) is 103 Å². The van der Waals surface area contributed by atoms with E-state index < -0.39 is 0 Å². The predicted molar refractivity (Wildman–Crippen MR) is 99.5 cm³/mol. The highest BCUT2D eigenvalue weighted by Crippen LogP contribution is 2.34. The van der Waals surface area contributed by atoms with E-state index in [-0.39, 0.29) is 5.82 Å². The lowest BCUT2D eigenvalue weighted by atomic mass is 9.99. The minimum Gasteiger partial charge on any atom is -0.495 e. The van der Waals surface area contributed by atoms with Gasteiger partial charge in [-0.1, -0.05) is 0 Å². The summed E-state index contributed by atoms with van der Waals surface area (Å²) in [6.07, 6.45) is 3.29. The second kappa shape index (κ2) is 6.84. The van der Waals surface area contributed by atoms with Crippen LogP contribution in [0.25, 0.3) is 22.4 Å². The van der Waals surface area contributed by atoms with Crippen LogP contribution < -0.4 is 10.5 Å². The summed E-state index contributed by atoms with van der Waals surface area (Å²) in [7, 11) is 1.57. The molecule has 132 valence electrons. The van der Waals surface area contributed by atoms with Gasteiger partial charge in [-0.05, 0) is 32.9 Å². The molecule has 2 N–H and O–H groups in total. The summed E-state index contributed by atoms with van der Waals surface area (Å²) in [6, 6.07) is 5.83. The van der Waals surface area contributed by atoms with Crippen molar-refractivity contribution < 1.29 is 4.74 Å². The van der Waals surface area contributed by atoms with Gasteiger partial charge in [0, 0.05) is 35.1 Å². The SMILES string of the molecule is CCn1nc(C)c(-c2cc(-c3cncc(OC)c3)c(C#N)c(N)n2)c1C. The van der Waals surface area contributed by atoms with E-state index in [1.165, 1.54) is 0 Å². The molecule has 0 saturated heterocycles. The Labute approximate surface area is 152 Å². The number of nitrogen functional groups attached to an aromatic ring is 1. The van der Waals surface area contributed by atoms with Gasteiger partial charge in [-0.25, -0.2) is 4.98 Å². The lowest BCUT2D eigenvalue weighted by molar-refractivity contribution is 0.413. The van der Waals surface area contributed by atoms with E-state index in [1.807, 2.05) is 37.6 Å². The van der Waals surface area contributed by atoms with Crippen LogP contribution in [0.15, 0.2) is 24.5 Å². The molecule has 0 unspecified atom stereocenters. The number of methoxy groups -OCH3 is 1. The summed E-state index contributed by atoms with van der Waals surface area (Å²) in [5.74, 6) is 0.792. The fourth-order valence-corrected chi connectivity index (χ4v) is 3.09. The molecule has 0 aliphatic rings. The van der Waals surface area contributed by atoms with Crippen molar-refractivity contribution in [2.24, 2.45) is 0 Å². The number of aromatic nitrogens is 4. The fraction of sp³-hybridized carbons (Fsp3) is 0.263. The van der Waals surface area contributed by atoms with Crippen LogP contribution in [0.4, 0.5) is 5.82 Å². The van der Waals surface area contributed by atoms with Gasteiger partial charge in [0.05, 0.1) is 24.7 Å². The Morgan fingerprint density at radius 3 is 2.65 bits per heavy atom. The largest absolute Gasteiger partial charge is 0.495 e. The molecule has 0 aliphatic carbocycles. The van der Waals surface area contributed by atoms with Gasteiger partial charge in [0.15, 0.2) is 0 Å². The minimum atomic E-state index is 0.186. The smallest absolute Gasteiger partial charge is 0.142 e. The minimum absolute atomic E-state index is 0.186. The molecule has 3 rings (SSSR count). The number of nitrogens with two attached hydrogens (primary N) is 1. The Balaban J connectivity index is 2.27. The van der Waals surface area contributed by atoms with Crippen LogP contribution in [0.2, 0.25) is 0 Å². The van der Waals surface area contributed by atoms with Gasteiger partial charge in [0.2, 0.25) is 0 Å². The lowest BCUT2D eigenvalue weighted by Crippen LogP contribution is -2.02. The Hall–Kier alpha value is -3.40. The molecule has 7 nitrogen and oxygen atoms in total. The van der Waals surface area contributed by atoms with E-state index in [1.54, 1.807) is 19.5 Å². The number of hydrogen-bond acceptors (Lipinski definition) is 6. The molecule has 7 heteroatoms. The van der Waals surface area contributed by atoms with Gasteiger partial charge in [-0.15, -0.1) is 0 Å². The maximum absolute atomic E-state index is 9.56. The van der Waals surface area contributed by atoms with Crippen molar-refractivity contribution in [1.29, 1.82) is 5.26 Å². The van der Waals surface area contributed by atoms with Crippen LogP contribution in [-0.4, -0.2) is 26.9 Å². The molecule has 26 heavy (non-hydrogen) atoms. The first-order chi connectivity index (χ1) is 12.5. The standard InChI is InChI=1S/C19H20N6O/c1-5-25-12(3)18(11(2)24-25)17-7-15(16(8-20)19(21)23-17)13-6-14(26-4)10-22-9-13/h6-7,9-10H,5H2,1-4H3,(H2,21,23). The van der Waals surface area contributed by atoms with Crippen LogP contribution in [0, 0.1) is 25.2 Å². The molecule has 0 saturated carbocycles. The molecule has 0 aliphatic heterocycles. The summed E-state index contributed by atoms with van der Waals surface area (Å²) in [5.41, 5.74) is 11.3. The molecule has 3 heterocycles. The molecule has 3 aromatic rings. The van der Waals surface area contributed by atoms with Crippen LogP contribution in [0.5, 0.6) is 5.75 Å². The quantitative estimate of drug-likeness (QED) is 0.777. The number of rotatable bonds is 4. The van der Waals surface area contributed by atoms with Crippen molar-refractivity contribution in [3.8, 4) is 34.2 Å². The first-order valence-corrected chi connectivity index (χ1v) is 8.24. The van der Waals surface area contributed by atoms with Gasteiger partial charge < -0.3 is 10.5 Å². The summed E-state index contributed by atoms with van der Waals surface area (Å²) in [6.45, 7) is 6.75. The number of pyridine rings is 2. The molecule has 0 atom stereocenters. The van der Waals surface area contributed by atoms with E-state index >= 15 is 0 Å². The Bertz CT molecular complexity index is 1020. The van der Waals surface area contributed by atoms with Crippen LogP contribution >= 0.6 is 0 Å². The first-order valence-electron chi connectivity index (χ1n) is 8.24. The Kier molecular flexibility index (Phi) is 4.59. The zero-order valence-electron chi connectivity index (χ0n) is 15.2. The van der Waals surface area contributed by atoms with Crippen LogP contribution in [0.1, 0.15) is 23.9 Å². The fourth-order valence-electron chi connectivity index (χ4n) is 3.09. The van der Waals surface area contributed by atoms with Crippen molar-refractivity contribution in [3.63, 3.8) is 0 Å². The summed E-state index contributed by atoms with van der Waals surface area (Å²) in [5, 5.41) is 14.1. The molecule has 0 spiro atoms. The zero-order valence-corrected chi connectivity index (χ0v) is 15.2.